The normalized spacial score (nSPS) is 11.7. The molecule has 8 heteroatoms. The van der Waals surface area contributed by atoms with Gasteiger partial charge in [-0.3, -0.25) is 19.7 Å². The standard InChI is InChI=1S/C10H9FN2O5/c1-5(10(15)16)12-9(14)7-3-2-6(13(17)18)4-8(7)11/h2-5H,1H3,(H,12,14)(H,15,16)/t5-/m0/s1. The van der Waals surface area contributed by atoms with Gasteiger partial charge in [0.25, 0.3) is 11.6 Å². The van der Waals surface area contributed by atoms with E-state index >= 15 is 0 Å². The van der Waals surface area contributed by atoms with Gasteiger partial charge in [-0.2, -0.15) is 0 Å². The molecular weight excluding hydrogens is 247 g/mol. The Bertz CT molecular complexity index is 517. The van der Waals surface area contributed by atoms with Gasteiger partial charge in [-0.15, -0.1) is 0 Å². The number of carboxylic acid groups (broad SMARTS) is 1. The predicted molar refractivity (Wildman–Crippen MR) is 57.6 cm³/mol. The predicted octanol–water partition coefficient (Wildman–Crippen LogP) is 0.937. The molecule has 0 aromatic heterocycles. The second-order valence-corrected chi connectivity index (χ2v) is 3.45. The fourth-order valence-electron chi connectivity index (χ4n) is 1.14. The second kappa shape index (κ2) is 5.21. The van der Waals surface area contributed by atoms with Crippen LogP contribution in [0.3, 0.4) is 0 Å². The Kier molecular flexibility index (Phi) is 3.93. The van der Waals surface area contributed by atoms with E-state index in [4.69, 9.17) is 5.11 Å². The van der Waals surface area contributed by atoms with Gasteiger partial charge in [-0.25, -0.2) is 4.39 Å². The van der Waals surface area contributed by atoms with Crippen LogP contribution < -0.4 is 5.32 Å². The number of nitro benzene ring substituents is 1. The molecule has 1 aromatic carbocycles. The van der Waals surface area contributed by atoms with Gasteiger partial charge >= 0.3 is 5.97 Å². The minimum atomic E-state index is -1.27. The van der Waals surface area contributed by atoms with Crippen molar-refractivity contribution in [2.45, 2.75) is 13.0 Å². The van der Waals surface area contributed by atoms with Crippen molar-refractivity contribution in [1.82, 2.24) is 5.32 Å². The number of carbonyl (C=O) groups excluding carboxylic acids is 1. The van der Waals surface area contributed by atoms with E-state index in [1.165, 1.54) is 6.92 Å². The van der Waals surface area contributed by atoms with E-state index in [9.17, 15) is 24.1 Å². The number of halogens is 1. The molecule has 1 rings (SSSR count). The molecule has 0 spiro atoms. The first-order valence-corrected chi connectivity index (χ1v) is 4.80. The van der Waals surface area contributed by atoms with E-state index in [-0.39, 0.29) is 0 Å². The van der Waals surface area contributed by atoms with E-state index < -0.39 is 39.9 Å². The Morgan fingerprint density at radius 3 is 2.56 bits per heavy atom. The molecule has 2 N–H and O–H groups in total. The smallest absolute Gasteiger partial charge is 0.325 e. The lowest BCUT2D eigenvalue weighted by molar-refractivity contribution is -0.385. The summed E-state index contributed by atoms with van der Waals surface area (Å²) in [5.41, 5.74) is -0.941. The molecule has 0 aliphatic carbocycles. The molecule has 18 heavy (non-hydrogen) atoms. The van der Waals surface area contributed by atoms with Crippen molar-refractivity contribution in [2.75, 3.05) is 0 Å². The first-order valence-electron chi connectivity index (χ1n) is 4.80. The Morgan fingerprint density at radius 2 is 2.11 bits per heavy atom. The average molecular weight is 256 g/mol. The fraction of sp³-hybridized carbons (Fsp3) is 0.200. The zero-order chi connectivity index (χ0) is 13.9. The minimum Gasteiger partial charge on any atom is -0.480 e. The van der Waals surface area contributed by atoms with Gasteiger partial charge in [-0.05, 0) is 13.0 Å². The van der Waals surface area contributed by atoms with Crippen molar-refractivity contribution in [3.8, 4) is 0 Å². The molecule has 0 saturated heterocycles. The Labute approximate surface area is 100 Å². The molecule has 0 saturated carbocycles. The molecule has 0 heterocycles. The summed E-state index contributed by atoms with van der Waals surface area (Å²) in [4.78, 5) is 31.5. The molecule has 7 nitrogen and oxygen atoms in total. The molecule has 1 amide bonds. The number of benzene rings is 1. The number of amides is 1. The lowest BCUT2D eigenvalue weighted by Gasteiger charge is -2.09. The van der Waals surface area contributed by atoms with E-state index in [2.05, 4.69) is 0 Å². The van der Waals surface area contributed by atoms with E-state index in [0.29, 0.717) is 6.07 Å². The highest BCUT2D eigenvalue weighted by Gasteiger charge is 2.19. The van der Waals surface area contributed by atoms with E-state index in [1.54, 1.807) is 0 Å². The number of nitrogens with zero attached hydrogens (tertiary/aromatic N) is 1. The average Bonchev–Trinajstić information content (AvgIpc) is 2.28. The number of hydrogen-bond donors (Lipinski definition) is 2. The quantitative estimate of drug-likeness (QED) is 0.615. The zero-order valence-electron chi connectivity index (χ0n) is 9.21. The van der Waals surface area contributed by atoms with Crippen LogP contribution in [0.25, 0.3) is 0 Å². The monoisotopic (exact) mass is 256 g/mol. The second-order valence-electron chi connectivity index (χ2n) is 3.45. The maximum Gasteiger partial charge on any atom is 0.325 e. The van der Waals surface area contributed by atoms with Crippen molar-refractivity contribution in [2.24, 2.45) is 0 Å². The lowest BCUT2D eigenvalue weighted by Crippen LogP contribution is -2.38. The summed E-state index contributed by atoms with van der Waals surface area (Å²) in [6.45, 7) is 1.21. The van der Waals surface area contributed by atoms with Crippen molar-refractivity contribution in [3.63, 3.8) is 0 Å². The largest absolute Gasteiger partial charge is 0.480 e. The Morgan fingerprint density at radius 1 is 1.50 bits per heavy atom. The maximum absolute atomic E-state index is 13.4. The van der Waals surface area contributed by atoms with Gasteiger partial charge in [-0.1, -0.05) is 0 Å². The van der Waals surface area contributed by atoms with Crippen LogP contribution >= 0.6 is 0 Å². The van der Waals surface area contributed by atoms with Crippen molar-refractivity contribution < 1.29 is 24.0 Å². The number of carbonyl (C=O) groups is 2. The summed E-state index contributed by atoms with van der Waals surface area (Å²) in [6.07, 6.45) is 0. The summed E-state index contributed by atoms with van der Waals surface area (Å²) in [5, 5.41) is 21.0. The highest BCUT2D eigenvalue weighted by Crippen LogP contribution is 2.16. The highest BCUT2D eigenvalue weighted by molar-refractivity contribution is 5.96. The summed E-state index contributed by atoms with van der Waals surface area (Å²) in [7, 11) is 0. The maximum atomic E-state index is 13.4. The minimum absolute atomic E-state index is 0.450. The molecule has 0 bridgehead atoms. The molecule has 0 aliphatic rings. The molecule has 0 radical (unpaired) electrons. The number of non-ortho nitro benzene ring substituents is 1. The number of nitro groups is 1. The summed E-state index contributed by atoms with van der Waals surface area (Å²) >= 11 is 0. The van der Waals surface area contributed by atoms with Crippen LogP contribution in [0.2, 0.25) is 0 Å². The van der Waals surface area contributed by atoms with Crippen LogP contribution in [-0.2, 0) is 4.79 Å². The zero-order valence-corrected chi connectivity index (χ0v) is 9.21. The molecule has 1 atom stereocenters. The van der Waals surface area contributed by atoms with Crippen molar-refractivity contribution in [1.29, 1.82) is 0 Å². The summed E-state index contributed by atoms with van der Waals surface area (Å²) in [6, 6.07) is 1.30. The first kappa shape index (κ1) is 13.6. The van der Waals surface area contributed by atoms with Gasteiger partial charge < -0.3 is 10.4 Å². The molecule has 0 fully saturated rings. The number of aliphatic carboxylic acids is 1. The molecule has 0 unspecified atom stereocenters. The van der Waals surface area contributed by atoms with Crippen LogP contribution in [0.15, 0.2) is 18.2 Å². The van der Waals surface area contributed by atoms with Crippen LogP contribution in [0, 0.1) is 15.9 Å². The summed E-state index contributed by atoms with van der Waals surface area (Å²) < 4.78 is 13.4. The number of carboxylic acids is 1. The van der Waals surface area contributed by atoms with E-state index in [1.807, 2.05) is 5.32 Å². The number of hydrogen-bond acceptors (Lipinski definition) is 4. The van der Waals surface area contributed by atoms with E-state index in [0.717, 1.165) is 12.1 Å². The number of rotatable bonds is 4. The van der Waals surface area contributed by atoms with Crippen molar-refractivity contribution in [3.05, 3.63) is 39.7 Å². The van der Waals surface area contributed by atoms with Gasteiger partial charge in [0.05, 0.1) is 16.6 Å². The lowest BCUT2D eigenvalue weighted by atomic mass is 10.1. The third-order valence-corrected chi connectivity index (χ3v) is 2.13. The van der Waals surface area contributed by atoms with Gasteiger partial charge in [0, 0.05) is 6.07 Å². The SMILES string of the molecule is C[C@H](NC(=O)c1ccc([N+](=O)[O-])cc1F)C(=O)O. The number of nitrogens with one attached hydrogen (secondary N) is 1. The molecule has 96 valence electrons. The molecular formula is C10H9FN2O5. The fourth-order valence-corrected chi connectivity index (χ4v) is 1.14. The topological polar surface area (TPSA) is 110 Å². The van der Waals surface area contributed by atoms with Crippen LogP contribution in [0.1, 0.15) is 17.3 Å². The van der Waals surface area contributed by atoms with Crippen LogP contribution in [0.4, 0.5) is 10.1 Å². The third-order valence-electron chi connectivity index (χ3n) is 2.13. The summed E-state index contributed by atoms with van der Waals surface area (Å²) in [5.74, 6) is -3.30. The van der Waals surface area contributed by atoms with Crippen LogP contribution in [-0.4, -0.2) is 27.9 Å². The van der Waals surface area contributed by atoms with Crippen molar-refractivity contribution >= 4 is 17.6 Å². The third kappa shape index (κ3) is 3.00. The molecule has 0 aliphatic heterocycles. The Hall–Kier alpha value is -2.51. The van der Waals surface area contributed by atoms with Crippen LogP contribution in [0.5, 0.6) is 0 Å². The highest BCUT2D eigenvalue weighted by atomic mass is 19.1. The van der Waals surface area contributed by atoms with Gasteiger partial charge in [0.1, 0.15) is 11.9 Å². The van der Waals surface area contributed by atoms with Gasteiger partial charge in [0.15, 0.2) is 0 Å². The molecule has 1 aromatic rings. The Balaban J connectivity index is 2.94. The first-order chi connectivity index (χ1) is 8.32. The van der Waals surface area contributed by atoms with Gasteiger partial charge in [0.2, 0.25) is 0 Å².